The standard InChI is InChI=1S/C15H21N/c1-11(2)10-16-14-8-13(9-14)15-7-5-4-6-12(15)3/h4-7,13-14,16H,1,8-10H2,2-3H3. The molecule has 0 bridgehead atoms. The Morgan fingerprint density at radius 2 is 2.06 bits per heavy atom. The average Bonchev–Trinajstić information content (AvgIpc) is 2.17. The Bertz CT molecular complexity index is 375. The minimum absolute atomic E-state index is 0.696. The maximum absolute atomic E-state index is 3.91. The summed E-state index contributed by atoms with van der Waals surface area (Å²) in [5.41, 5.74) is 4.20. The molecule has 0 heterocycles. The third kappa shape index (κ3) is 2.53. The van der Waals surface area contributed by atoms with Crippen LogP contribution in [0.2, 0.25) is 0 Å². The van der Waals surface area contributed by atoms with Gasteiger partial charge < -0.3 is 5.32 Å². The van der Waals surface area contributed by atoms with Gasteiger partial charge in [-0.1, -0.05) is 36.4 Å². The van der Waals surface area contributed by atoms with E-state index in [1.54, 1.807) is 0 Å². The van der Waals surface area contributed by atoms with E-state index in [1.807, 2.05) is 0 Å². The summed E-state index contributed by atoms with van der Waals surface area (Å²) in [4.78, 5) is 0. The number of hydrogen-bond donors (Lipinski definition) is 1. The third-order valence-corrected chi connectivity index (χ3v) is 3.46. The van der Waals surface area contributed by atoms with E-state index in [9.17, 15) is 0 Å². The Labute approximate surface area is 98.6 Å². The van der Waals surface area contributed by atoms with Crippen LogP contribution in [0.3, 0.4) is 0 Å². The van der Waals surface area contributed by atoms with Gasteiger partial charge in [0.15, 0.2) is 0 Å². The molecule has 86 valence electrons. The topological polar surface area (TPSA) is 12.0 Å². The number of nitrogens with one attached hydrogen (secondary N) is 1. The molecule has 0 amide bonds. The second-order valence-electron chi connectivity index (χ2n) is 5.06. The second kappa shape index (κ2) is 4.84. The van der Waals surface area contributed by atoms with Crippen LogP contribution < -0.4 is 5.32 Å². The maximum Gasteiger partial charge on any atom is 0.0161 e. The average molecular weight is 215 g/mol. The SMILES string of the molecule is C=C(C)CNC1CC(c2ccccc2C)C1. The molecule has 1 nitrogen and oxygen atoms in total. The van der Waals surface area contributed by atoms with Crippen LogP contribution in [0.15, 0.2) is 36.4 Å². The number of hydrogen-bond acceptors (Lipinski definition) is 1. The number of benzene rings is 1. The molecule has 16 heavy (non-hydrogen) atoms. The van der Waals surface area contributed by atoms with Crippen molar-refractivity contribution in [3.8, 4) is 0 Å². The lowest BCUT2D eigenvalue weighted by Crippen LogP contribution is -2.40. The van der Waals surface area contributed by atoms with Crippen molar-refractivity contribution in [2.45, 2.75) is 38.6 Å². The van der Waals surface area contributed by atoms with Crippen molar-refractivity contribution in [1.29, 1.82) is 0 Å². The number of aryl methyl sites for hydroxylation is 1. The summed E-state index contributed by atoms with van der Waals surface area (Å²) in [6.45, 7) is 9.16. The van der Waals surface area contributed by atoms with Crippen molar-refractivity contribution >= 4 is 0 Å². The predicted molar refractivity (Wildman–Crippen MR) is 69.8 cm³/mol. The summed E-state index contributed by atoms with van der Waals surface area (Å²) >= 11 is 0. The molecular weight excluding hydrogens is 194 g/mol. The van der Waals surface area contributed by atoms with Gasteiger partial charge in [-0.05, 0) is 43.7 Å². The third-order valence-electron chi connectivity index (χ3n) is 3.46. The first-order valence-corrected chi connectivity index (χ1v) is 6.10. The summed E-state index contributed by atoms with van der Waals surface area (Å²) in [7, 11) is 0. The molecule has 0 unspecified atom stereocenters. The van der Waals surface area contributed by atoms with Crippen LogP contribution in [-0.4, -0.2) is 12.6 Å². The van der Waals surface area contributed by atoms with Gasteiger partial charge in [0.2, 0.25) is 0 Å². The molecule has 2 rings (SSSR count). The van der Waals surface area contributed by atoms with Gasteiger partial charge in [-0.15, -0.1) is 0 Å². The summed E-state index contributed by atoms with van der Waals surface area (Å²) in [6.07, 6.45) is 2.55. The van der Waals surface area contributed by atoms with Crippen LogP contribution in [0.4, 0.5) is 0 Å². The summed E-state index contributed by atoms with van der Waals surface area (Å²) in [5.74, 6) is 0.767. The van der Waals surface area contributed by atoms with Crippen molar-refractivity contribution in [2.24, 2.45) is 0 Å². The van der Waals surface area contributed by atoms with E-state index in [0.717, 1.165) is 12.5 Å². The lowest BCUT2D eigenvalue weighted by molar-refractivity contribution is 0.297. The highest BCUT2D eigenvalue weighted by molar-refractivity contribution is 5.31. The zero-order chi connectivity index (χ0) is 11.5. The molecule has 1 aliphatic carbocycles. The van der Waals surface area contributed by atoms with Crippen LogP contribution in [0.25, 0.3) is 0 Å². The van der Waals surface area contributed by atoms with Crippen LogP contribution in [0, 0.1) is 6.92 Å². The zero-order valence-corrected chi connectivity index (χ0v) is 10.3. The van der Waals surface area contributed by atoms with E-state index in [-0.39, 0.29) is 0 Å². The van der Waals surface area contributed by atoms with E-state index >= 15 is 0 Å². The summed E-state index contributed by atoms with van der Waals surface area (Å²) in [5, 5.41) is 3.54. The molecule has 1 aromatic rings. The molecular formula is C15H21N. The van der Waals surface area contributed by atoms with Crippen molar-refractivity contribution in [2.75, 3.05) is 6.54 Å². The largest absolute Gasteiger partial charge is 0.310 e. The Kier molecular flexibility index (Phi) is 3.45. The molecule has 1 aliphatic rings. The first-order chi connectivity index (χ1) is 7.66. The van der Waals surface area contributed by atoms with Crippen LogP contribution >= 0.6 is 0 Å². The molecule has 1 heteroatoms. The first-order valence-electron chi connectivity index (χ1n) is 6.10. The maximum atomic E-state index is 3.91. The van der Waals surface area contributed by atoms with Crippen molar-refractivity contribution in [1.82, 2.24) is 5.32 Å². The highest BCUT2D eigenvalue weighted by atomic mass is 14.9. The van der Waals surface area contributed by atoms with Crippen molar-refractivity contribution in [3.05, 3.63) is 47.5 Å². The smallest absolute Gasteiger partial charge is 0.0161 e. The molecule has 1 fully saturated rings. The molecule has 1 aromatic carbocycles. The van der Waals surface area contributed by atoms with Crippen molar-refractivity contribution in [3.63, 3.8) is 0 Å². The first kappa shape index (κ1) is 11.4. The molecule has 1 saturated carbocycles. The molecule has 0 spiro atoms. The van der Waals surface area contributed by atoms with Gasteiger partial charge in [0, 0.05) is 12.6 Å². The van der Waals surface area contributed by atoms with Gasteiger partial charge in [0.05, 0.1) is 0 Å². The summed E-state index contributed by atoms with van der Waals surface area (Å²) in [6, 6.07) is 9.45. The van der Waals surface area contributed by atoms with Crippen LogP contribution in [0.1, 0.15) is 36.8 Å². The summed E-state index contributed by atoms with van der Waals surface area (Å²) < 4.78 is 0. The Morgan fingerprint density at radius 3 is 2.69 bits per heavy atom. The van der Waals surface area contributed by atoms with Gasteiger partial charge in [-0.25, -0.2) is 0 Å². The quantitative estimate of drug-likeness (QED) is 0.759. The van der Waals surface area contributed by atoms with Gasteiger partial charge in [-0.3, -0.25) is 0 Å². The second-order valence-corrected chi connectivity index (χ2v) is 5.06. The monoisotopic (exact) mass is 215 g/mol. The van der Waals surface area contributed by atoms with Crippen molar-refractivity contribution < 1.29 is 0 Å². The van der Waals surface area contributed by atoms with E-state index in [4.69, 9.17) is 0 Å². The van der Waals surface area contributed by atoms with Gasteiger partial charge in [-0.2, -0.15) is 0 Å². The lowest BCUT2D eigenvalue weighted by atomic mass is 9.74. The molecule has 0 aliphatic heterocycles. The fourth-order valence-electron chi connectivity index (χ4n) is 2.40. The fourth-order valence-corrected chi connectivity index (χ4v) is 2.40. The van der Waals surface area contributed by atoms with E-state index < -0.39 is 0 Å². The highest BCUT2D eigenvalue weighted by Crippen LogP contribution is 2.38. The lowest BCUT2D eigenvalue weighted by Gasteiger charge is -2.37. The van der Waals surface area contributed by atoms with Crippen LogP contribution in [-0.2, 0) is 0 Å². The molecule has 0 saturated heterocycles. The fraction of sp³-hybridized carbons (Fsp3) is 0.467. The Balaban J connectivity index is 1.84. The number of rotatable bonds is 4. The molecule has 1 N–H and O–H groups in total. The molecule has 0 radical (unpaired) electrons. The van der Waals surface area contributed by atoms with Crippen LogP contribution in [0.5, 0.6) is 0 Å². The van der Waals surface area contributed by atoms with Gasteiger partial charge >= 0.3 is 0 Å². The van der Waals surface area contributed by atoms with Gasteiger partial charge in [0.25, 0.3) is 0 Å². The minimum Gasteiger partial charge on any atom is -0.310 e. The molecule has 0 aromatic heterocycles. The Hall–Kier alpha value is -1.08. The predicted octanol–water partition coefficient (Wildman–Crippen LogP) is 3.41. The highest BCUT2D eigenvalue weighted by Gasteiger charge is 2.30. The normalized spacial score (nSPS) is 23.9. The molecule has 0 atom stereocenters. The van der Waals surface area contributed by atoms with Gasteiger partial charge in [0.1, 0.15) is 0 Å². The van der Waals surface area contributed by atoms with E-state index in [2.05, 4.69) is 50.0 Å². The zero-order valence-electron chi connectivity index (χ0n) is 10.3. The van der Waals surface area contributed by atoms with E-state index in [1.165, 1.54) is 29.5 Å². The Morgan fingerprint density at radius 1 is 1.38 bits per heavy atom. The van der Waals surface area contributed by atoms with E-state index in [0.29, 0.717) is 6.04 Å². The minimum atomic E-state index is 0.696.